The summed E-state index contributed by atoms with van der Waals surface area (Å²) in [5, 5.41) is 4.87. The molecule has 0 amide bonds. The molecular formula is C56H45N3. The topological polar surface area (TPSA) is 38.1 Å². The number of benzene rings is 8. The molecule has 0 aliphatic rings. The molecule has 0 spiro atoms. The van der Waals surface area contributed by atoms with Crippen molar-refractivity contribution >= 4 is 32.8 Å². The normalized spacial score (nSPS) is 12.5. The molecule has 1 unspecified atom stereocenters. The highest BCUT2D eigenvalue weighted by atomic mass is 14.9. The Bertz CT molecular complexity index is 3020. The van der Waals surface area contributed by atoms with E-state index in [0.717, 1.165) is 67.2 Å². The summed E-state index contributed by atoms with van der Waals surface area (Å²) in [6.45, 7) is 8.65. The molecule has 1 aromatic heterocycles. The van der Waals surface area contributed by atoms with E-state index in [2.05, 4.69) is 222 Å². The fraction of sp³-hybridized carbons (Fsp3) is 0.0893. The molecule has 0 saturated heterocycles. The molecule has 3 heteroatoms. The van der Waals surface area contributed by atoms with Crippen molar-refractivity contribution in [2.24, 2.45) is 4.99 Å². The molecule has 0 aliphatic heterocycles. The Kier molecular flexibility index (Phi) is 10.3. The summed E-state index contributed by atoms with van der Waals surface area (Å²) in [6.07, 6.45) is 2.21. The first-order valence-electron chi connectivity index (χ1n) is 20.3. The fourth-order valence-corrected chi connectivity index (χ4v) is 8.17. The van der Waals surface area contributed by atoms with E-state index in [-0.39, 0.29) is 6.04 Å². The first kappa shape index (κ1) is 37.4. The Balaban J connectivity index is 1.30. The van der Waals surface area contributed by atoms with Gasteiger partial charge in [-0.1, -0.05) is 164 Å². The third-order valence-electron chi connectivity index (χ3n) is 11.4. The summed E-state index contributed by atoms with van der Waals surface area (Å²) >= 11 is 0. The quantitative estimate of drug-likeness (QED) is 0.109. The molecule has 0 saturated carbocycles. The maximum Gasteiger partial charge on any atom is 0.160 e. The first-order chi connectivity index (χ1) is 28.9. The number of nitrogens with zero attached hydrogens (tertiary/aromatic N) is 3. The van der Waals surface area contributed by atoms with Crippen LogP contribution in [0.5, 0.6) is 0 Å². The van der Waals surface area contributed by atoms with Gasteiger partial charge in [0.25, 0.3) is 0 Å². The lowest BCUT2D eigenvalue weighted by Crippen LogP contribution is -2.04. The molecule has 9 rings (SSSR count). The maximum absolute atomic E-state index is 5.52. The van der Waals surface area contributed by atoms with Gasteiger partial charge >= 0.3 is 0 Å². The molecule has 8 aromatic carbocycles. The van der Waals surface area contributed by atoms with Gasteiger partial charge in [0.15, 0.2) is 5.82 Å². The van der Waals surface area contributed by atoms with Gasteiger partial charge in [0, 0.05) is 22.3 Å². The van der Waals surface area contributed by atoms with E-state index in [1.54, 1.807) is 0 Å². The highest BCUT2D eigenvalue weighted by Crippen LogP contribution is 2.40. The lowest BCUT2D eigenvalue weighted by atomic mass is 9.90. The third-order valence-corrected chi connectivity index (χ3v) is 11.4. The van der Waals surface area contributed by atoms with Gasteiger partial charge in [0.2, 0.25) is 0 Å². The predicted molar refractivity (Wildman–Crippen MR) is 250 cm³/mol. The Hall–Kier alpha value is -7.23. The van der Waals surface area contributed by atoms with Crippen LogP contribution in [0.3, 0.4) is 0 Å². The molecule has 3 nitrogen and oxygen atoms in total. The molecule has 0 radical (unpaired) electrons. The second kappa shape index (κ2) is 16.3. The van der Waals surface area contributed by atoms with Gasteiger partial charge in [-0.3, -0.25) is 4.99 Å². The molecule has 284 valence electrons. The number of aryl methyl sites for hydroxylation is 1. The SMILES string of the molecule is C/C(=C\C(=NC(C)c1cc(-c2nc(-c3ccccc3)c(C)c(-c3ccccc3C)n2)cc(-c2cc3ccccc3c3ccccc23)c1)c1ccccc1)c1ccccc1. The Morgan fingerprint density at radius 1 is 0.508 bits per heavy atom. The fourth-order valence-electron chi connectivity index (χ4n) is 8.17. The number of hydrogen-bond donors (Lipinski definition) is 0. The zero-order valence-corrected chi connectivity index (χ0v) is 33.9. The molecule has 0 fully saturated rings. The zero-order chi connectivity index (χ0) is 40.3. The standard InChI is InChI=1S/C56H45N3/c1-37-20-14-16-28-48(37)55-39(3)54(43-25-12-7-13-26-43)58-56(59-55)47-34-45(33-46(35-47)52-36-44-27-15-17-29-49(44)50-30-18-19-31-51(50)52)40(4)57-53(42-23-10-6-11-24-42)32-38(2)41-21-8-5-9-22-41/h5-36,40H,1-4H3/b38-32+,57-53?. The van der Waals surface area contributed by atoms with E-state index >= 15 is 0 Å². The van der Waals surface area contributed by atoms with E-state index in [9.17, 15) is 0 Å². The number of aromatic nitrogens is 2. The summed E-state index contributed by atoms with van der Waals surface area (Å²) < 4.78 is 0. The van der Waals surface area contributed by atoms with Crippen molar-refractivity contribution in [3.05, 3.63) is 222 Å². The Morgan fingerprint density at radius 3 is 1.81 bits per heavy atom. The minimum Gasteiger partial charge on any atom is -0.277 e. The second-order valence-corrected chi connectivity index (χ2v) is 15.3. The van der Waals surface area contributed by atoms with Gasteiger partial charge in [0.1, 0.15) is 0 Å². The summed E-state index contributed by atoms with van der Waals surface area (Å²) in [7, 11) is 0. The van der Waals surface area contributed by atoms with E-state index < -0.39 is 0 Å². The third kappa shape index (κ3) is 7.63. The van der Waals surface area contributed by atoms with Crippen LogP contribution in [0.1, 0.15) is 47.7 Å². The molecule has 59 heavy (non-hydrogen) atoms. The van der Waals surface area contributed by atoms with Crippen LogP contribution in [0.25, 0.3) is 72.1 Å². The van der Waals surface area contributed by atoms with Crippen LogP contribution < -0.4 is 0 Å². The highest BCUT2D eigenvalue weighted by Gasteiger charge is 2.20. The average Bonchev–Trinajstić information content (AvgIpc) is 3.29. The van der Waals surface area contributed by atoms with Crippen LogP contribution >= 0.6 is 0 Å². The van der Waals surface area contributed by atoms with Crippen LogP contribution in [-0.2, 0) is 0 Å². The van der Waals surface area contributed by atoms with Gasteiger partial charge in [0.05, 0.1) is 23.1 Å². The Labute approximate surface area is 347 Å². The van der Waals surface area contributed by atoms with Crippen LogP contribution in [0.4, 0.5) is 0 Å². The van der Waals surface area contributed by atoms with Crippen molar-refractivity contribution in [2.45, 2.75) is 33.7 Å². The van der Waals surface area contributed by atoms with Gasteiger partial charge in [-0.05, 0) is 119 Å². The molecule has 1 atom stereocenters. The largest absolute Gasteiger partial charge is 0.277 e. The van der Waals surface area contributed by atoms with Crippen molar-refractivity contribution in [2.75, 3.05) is 0 Å². The molecule has 9 aromatic rings. The van der Waals surface area contributed by atoms with Crippen molar-refractivity contribution in [3.8, 4) is 45.0 Å². The highest BCUT2D eigenvalue weighted by molar-refractivity contribution is 6.14. The molecular weight excluding hydrogens is 715 g/mol. The average molecular weight is 760 g/mol. The van der Waals surface area contributed by atoms with Crippen LogP contribution in [0, 0.1) is 13.8 Å². The zero-order valence-electron chi connectivity index (χ0n) is 33.9. The predicted octanol–water partition coefficient (Wildman–Crippen LogP) is 14.7. The van der Waals surface area contributed by atoms with Crippen molar-refractivity contribution in [3.63, 3.8) is 0 Å². The Morgan fingerprint density at radius 2 is 1.08 bits per heavy atom. The number of aliphatic imine (C=N–C) groups is 1. The van der Waals surface area contributed by atoms with Crippen molar-refractivity contribution < 1.29 is 0 Å². The van der Waals surface area contributed by atoms with Gasteiger partial charge in [-0.25, -0.2) is 9.97 Å². The number of hydrogen-bond acceptors (Lipinski definition) is 3. The number of rotatable bonds is 9. The van der Waals surface area contributed by atoms with E-state index in [1.165, 1.54) is 32.7 Å². The number of allylic oxidation sites excluding steroid dienone is 2. The van der Waals surface area contributed by atoms with Gasteiger partial charge in [-0.15, -0.1) is 0 Å². The van der Waals surface area contributed by atoms with E-state index in [4.69, 9.17) is 15.0 Å². The molecule has 0 aliphatic carbocycles. The minimum absolute atomic E-state index is 0.203. The van der Waals surface area contributed by atoms with Gasteiger partial charge in [-0.2, -0.15) is 0 Å². The van der Waals surface area contributed by atoms with E-state index in [1.807, 2.05) is 0 Å². The molecule has 1 heterocycles. The van der Waals surface area contributed by atoms with Crippen LogP contribution in [0.2, 0.25) is 0 Å². The summed E-state index contributed by atoms with van der Waals surface area (Å²) in [5.41, 5.74) is 14.9. The second-order valence-electron chi connectivity index (χ2n) is 15.3. The van der Waals surface area contributed by atoms with E-state index in [0.29, 0.717) is 5.82 Å². The molecule has 0 N–H and O–H groups in total. The maximum atomic E-state index is 5.52. The van der Waals surface area contributed by atoms with Gasteiger partial charge < -0.3 is 0 Å². The lowest BCUT2D eigenvalue weighted by molar-refractivity contribution is 0.822. The first-order valence-corrected chi connectivity index (χ1v) is 20.3. The minimum atomic E-state index is -0.203. The summed E-state index contributed by atoms with van der Waals surface area (Å²) in [4.78, 5) is 16.4. The van der Waals surface area contributed by atoms with Crippen LogP contribution in [-0.4, -0.2) is 15.7 Å². The summed E-state index contributed by atoms with van der Waals surface area (Å²) in [6, 6.07) is 66.3. The summed E-state index contributed by atoms with van der Waals surface area (Å²) in [5.74, 6) is 0.681. The van der Waals surface area contributed by atoms with Crippen molar-refractivity contribution in [1.29, 1.82) is 0 Å². The number of fused-ring (bicyclic) bond motifs is 3. The van der Waals surface area contributed by atoms with Crippen molar-refractivity contribution in [1.82, 2.24) is 9.97 Å². The smallest absolute Gasteiger partial charge is 0.160 e. The molecule has 0 bridgehead atoms. The lowest BCUT2D eigenvalue weighted by Gasteiger charge is -2.18. The monoisotopic (exact) mass is 759 g/mol. The van der Waals surface area contributed by atoms with Crippen LogP contribution in [0.15, 0.2) is 199 Å².